The Balaban J connectivity index is 1.25. The fraction of sp³-hybridized carbons (Fsp3) is 0.406. The van der Waals surface area contributed by atoms with E-state index in [1.54, 1.807) is 0 Å². The molecule has 3 aliphatic rings. The summed E-state index contributed by atoms with van der Waals surface area (Å²) in [5, 5.41) is 18.9. The number of carbonyl (C=O) groups is 1. The van der Waals surface area contributed by atoms with Crippen molar-refractivity contribution in [2.24, 2.45) is 5.92 Å². The van der Waals surface area contributed by atoms with E-state index in [1.165, 1.54) is 0 Å². The molecular weight excluding hydrogens is 548 g/mol. The molecule has 2 aromatic carbocycles. The van der Waals surface area contributed by atoms with E-state index in [9.17, 15) is 18.5 Å². The summed E-state index contributed by atoms with van der Waals surface area (Å²) in [4.78, 5) is 18.9. The van der Waals surface area contributed by atoms with Crippen molar-refractivity contribution in [1.29, 1.82) is 5.26 Å². The van der Waals surface area contributed by atoms with E-state index in [1.807, 2.05) is 29.1 Å². The number of fused-ring (bicyclic) bond motifs is 1. The molecule has 0 spiro atoms. The zero-order valence-electron chi connectivity index (χ0n) is 23.4. The standard InChI is InChI=1S/C32H34N6O3S/c33-21-32(12-13-32)35-31(39)27-4-2-1-3-26(27)30-28(20-38(36-30)25-9-10-29-23(19-25)11-14-34-29)22-5-7-24(8-6-22)37-15-17-42(40,41)18-16-37/h5-11,14,19-20,26-27,34H,1-4,12-13,15-18H2,(H,35,39). The van der Waals surface area contributed by atoms with Crippen LogP contribution in [0.25, 0.3) is 27.7 Å². The quantitative estimate of drug-likeness (QED) is 0.340. The number of hydrogen-bond donors (Lipinski definition) is 2. The molecule has 0 radical (unpaired) electrons. The third-order valence-electron chi connectivity index (χ3n) is 9.21. The minimum absolute atomic E-state index is 0.0385. The highest BCUT2D eigenvalue weighted by Gasteiger charge is 2.47. The van der Waals surface area contributed by atoms with Gasteiger partial charge in [-0.25, -0.2) is 13.1 Å². The highest BCUT2D eigenvalue weighted by molar-refractivity contribution is 7.91. The molecular formula is C32H34N6O3S. The van der Waals surface area contributed by atoms with E-state index in [4.69, 9.17) is 5.10 Å². The van der Waals surface area contributed by atoms with Crippen molar-refractivity contribution in [2.45, 2.75) is 50.0 Å². The molecule has 1 saturated heterocycles. The lowest BCUT2D eigenvalue weighted by molar-refractivity contribution is -0.127. The lowest BCUT2D eigenvalue weighted by atomic mass is 9.75. The molecule has 2 saturated carbocycles. The Labute approximate surface area is 245 Å². The summed E-state index contributed by atoms with van der Waals surface area (Å²) in [6.07, 6.45) is 9.05. The van der Waals surface area contributed by atoms with Gasteiger partial charge in [0.15, 0.2) is 9.84 Å². The Morgan fingerprint density at radius 2 is 1.76 bits per heavy atom. The molecule has 0 bridgehead atoms. The van der Waals surface area contributed by atoms with Crippen LogP contribution >= 0.6 is 0 Å². The van der Waals surface area contributed by atoms with Crippen LogP contribution in [-0.2, 0) is 14.6 Å². The van der Waals surface area contributed by atoms with E-state index in [0.29, 0.717) is 25.9 Å². The van der Waals surface area contributed by atoms with Crippen LogP contribution in [0, 0.1) is 17.2 Å². The number of hydrogen-bond acceptors (Lipinski definition) is 6. The molecule has 10 heteroatoms. The normalized spacial score (nSPS) is 22.9. The molecule has 2 N–H and O–H groups in total. The van der Waals surface area contributed by atoms with Gasteiger partial charge in [-0.15, -0.1) is 0 Å². The molecule has 2 unspecified atom stereocenters. The number of nitrogens with one attached hydrogen (secondary N) is 2. The third-order valence-corrected chi connectivity index (χ3v) is 10.8. The molecule has 1 amide bonds. The van der Waals surface area contributed by atoms with Crippen molar-refractivity contribution in [3.63, 3.8) is 0 Å². The SMILES string of the molecule is N#CC1(NC(=O)C2CCCCC2c2nn(-c3ccc4[nH]ccc4c3)cc2-c2ccc(N3CCS(=O)(=O)CC3)cc2)CC1. The van der Waals surface area contributed by atoms with Crippen molar-refractivity contribution in [1.82, 2.24) is 20.1 Å². The number of anilines is 1. The minimum atomic E-state index is -2.95. The van der Waals surface area contributed by atoms with Crippen molar-refractivity contribution in [3.8, 4) is 22.9 Å². The lowest BCUT2D eigenvalue weighted by Gasteiger charge is -2.31. The number of amides is 1. The summed E-state index contributed by atoms with van der Waals surface area (Å²) in [5.74, 6) is 0.00865. The molecule has 3 heterocycles. The predicted octanol–water partition coefficient (Wildman–Crippen LogP) is 4.70. The van der Waals surface area contributed by atoms with Crippen molar-refractivity contribution < 1.29 is 13.2 Å². The lowest BCUT2D eigenvalue weighted by Crippen LogP contribution is -2.42. The number of nitriles is 1. The molecule has 2 atom stereocenters. The predicted molar refractivity (Wildman–Crippen MR) is 162 cm³/mol. The van der Waals surface area contributed by atoms with Crippen molar-refractivity contribution >= 4 is 32.3 Å². The van der Waals surface area contributed by atoms with Gasteiger partial charge >= 0.3 is 0 Å². The van der Waals surface area contributed by atoms with E-state index in [0.717, 1.165) is 64.8 Å². The molecule has 216 valence electrons. The fourth-order valence-corrected chi connectivity index (χ4v) is 7.71. The van der Waals surface area contributed by atoms with Crippen molar-refractivity contribution in [2.75, 3.05) is 29.5 Å². The maximum Gasteiger partial charge on any atom is 0.225 e. The first-order valence-electron chi connectivity index (χ1n) is 14.8. The van der Waals surface area contributed by atoms with Gasteiger partial charge in [-0.3, -0.25) is 4.79 Å². The van der Waals surface area contributed by atoms with Crippen LogP contribution in [0.5, 0.6) is 0 Å². The van der Waals surface area contributed by atoms with Crippen LogP contribution in [0.15, 0.2) is 60.9 Å². The van der Waals surface area contributed by atoms with Crippen LogP contribution < -0.4 is 10.2 Å². The highest BCUT2D eigenvalue weighted by Crippen LogP contribution is 2.43. The second-order valence-corrected chi connectivity index (χ2v) is 14.3. The fourth-order valence-electron chi connectivity index (χ4n) is 6.51. The van der Waals surface area contributed by atoms with Crippen LogP contribution in [-0.4, -0.2) is 59.2 Å². The number of aromatic nitrogens is 3. The number of benzene rings is 2. The Kier molecular flexibility index (Phi) is 6.58. The van der Waals surface area contributed by atoms with Gasteiger partial charge in [0, 0.05) is 59.5 Å². The Bertz CT molecular complexity index is 1780. The monoisotopic (exact) mass is 582 g/mol. The molecule has 7 rings (SSSR count). The van der Waals surface area contributed by atoms with Gasteiger partial charge in [-0.1, -0.05) is 25.0 Å². The average Bonchev–Trinajstić information content (AvgIpc) is 3.39. The number of H-pyrrole nitrogens is 1. The van der Waals surface area contributed by atoms with Crippen LogP contribution in [0.1, 0.15) is 50.1 Å². The summed E-state index contributed by atoms with van der Waals surface area (Å²) < 4.78 is 25.8. The van der Waals surface area contributed by atoms with Gasteiger partial charge in [0.05, 0.1) is 29.0 Å². The van der Waals surface area contributed by atoms with Gasteiger partial charge in [-0.05, 0) is 67.6 Å². The molecule has 2 aliphatic carbocycles. The smallest absolute Gasteiger partial charge is 0.225 e. The summed E-state index contributed by atoms with van der Waals surface area (Å²) in [6.45, 7) is 0.991. The number of rotatable bonds is 6. The van der Waals surface area contributed by atoms with Crippen molar-refractivity contribution in [3.05, 3.63) is 66.6 Å². The maximum atomic E-state index is 13.6. The molecule has 1 aliphatic heterocycles. The molecule has 9 nitrogen and oxygen atoms in total. The van der Waals surface area contributed by atoms with Gasteiger partial charge in [0.25, 0.3) is 0 Å². The van der Waals surface area contributed by atoms with E-state index < -0.39 is 15.4 Å². The first-order chi connectivity index (χ1) is 20.3. The van der Waals surface area contributed by atoms with Gasteiger partial charge in [0.1, 0.15) is 5.54 Å². The number of sulfone groups is 1. The summed E-state index contributed by atoms with van der Waals surface area (Å²) in [7, 11) is -2.95. The van der Waals surface area contributed by atoms with Crippen LogP contribution in [0.3, 0.4) is 0 Å². The maximum absolute atomic E-state index is 13.6. The molecule has 4 aromatic rings. The Hall–Kier alpha value is -4.10. The summed E-state index contributed by atoms with van der Waals surface area (Å²) >= 11 is 0. The first-order valence-corrected chi connectivity index (χ1v) is 16.6. The number of nitrogens with zero attached hydrogens (tertiary/aromatic N) is 4. The van der Waals surface area contributed by atoms with Gasteiger partial charge < -0.3 is 15.2 Å². The van der Waals surface area contributed by atoms with E-state index in [-0.39, 0.29) is 29.2 Å². The Morgan fingerprint density at radius 3 is 2.50 bits per heavy atom. The Morgan fingerprint density at radius 1 is 1.02 bits per heavy atom. The van der Waals surface area contributed by atoms with Gasteiger partial charge in [0.2, 0.25) is 5.91 Å². The molecule has 42 heavy (non-hydrogen) atoms. The second-order valence-electron chi connectivity index (χ2n) is 12.0. The minimum Gasteiger partial charge on any atom is -0.369 e. The number of aromatic amines is 1. The van der Waals surface area contributed by atoms with Gasteiger partial charge in [-0.2, -0.15) is 10.4 Å². The topological polar surface area (TPSA) is 124 Å². The van der Waals surface area contributed by atoms with E-state index >= 15 is 0 Å². The van der Waals surface area contributed by atoms with E-state index in [2.05, 4.69) is 57.8 Å². The second kappa shape index (κ2) is 10.3. The first kappa shape index (κ1) is 26.8. The number of carbonyl (C=O) groups excluding carboxylic acids is 1. The zero-order valence-corrected chi connectivity index (χ0v) is 24.2. The highest BCUT2D eigenvalue weighted by atomic mass is 32.2. The summed E-state index contributed by atoms with van der Waals surface area (Å²) in [5.41, 5.74) is 5.21. The third kappa shape index (κ3) is 5.07. The van der Waals surface area contributed by atoms with Crippen LogP contribution in [0.4, 0.5) is 5.69 Å². The molecule has 2 aromatic heterocycles. The summed E-state index contributed by atoms with van der Waals surface area (Å²) in [6, 6.07) is 18.8. The average molecular weight is 583 g/mol. The zero-order chi connectivity index (χ0) is 28.9. The van der Waals surface area contributed by atoms with Crippen LogP contribution in [0.2, 0.25) is 0 Å². The molecule has 3 fully saturated rings. The largest absolute Gasteiger partial charge is 0.369 e.